The highest BCUT2D eigenvalue weighted by Gasteiger charge is 2.25. The van der Waals surface area contributed by atoms with Crippen molar-refractivity contribution < 1.29 is 22.8 Å². The first kappa shape index (κ1) is 13.7. The molecule has 0 unspecified atom stereocenters. The molecule has 0 spiro atoms. The van der Waals surface area contributed by atoms with Gasteiger partial charge in [0.05, 0.1) is 13.2 Å². The van der Waals surface area contributed by atoms with E-state index in [2.05, 4.69) is 20.2 Å². The van der Waals surface area contributed by atoms with Gasteiger partial charge in [-0.05, 0) is 31.2 Å². The van der Waals surface area contributed by atoms with Gasteiger partial charge in [-0.25, -0.2) is 0 Å². The molecule has 1 N–H and O–H groups in total. The maximum absolute atomic E-state index is 12.3. The summed E-state index contributed by atoms with van der Waals surface area (Å²) in [6.07, 6.45) is 0.951. The van der Waals surface area contributed by atoms with Crippen LogP contribution in [0.2, 0.25) is 0 Å². The number of benzene rings is 1. The molecule has 1 aliphatic rings. The molecule has 1 saturated heterocycles. The summed E-state index contributed by atoms with van der Waals surface area (Å²) in [6, 6.07) is 4.58. The Morgan fingerprint density at radius 2 is 2.19 bits per heavy atom. The number of rotatable bonds is 5. The van der Waals surface area contributed by atoms with E-state index in [0.29, 0.717) is 17.3 Å². The van der Waals surface area contributed by atoms with Gasteiger partial charge in [-0.1, -0.05) is 5.16 Å². The van der Waals surface area contributed by atoms with E-state index in [1.165, 1.54) is 19.2 Å². The Bertz CT molecular complexity index is 629. The molecule has 0 bridgehead atoms. The fourth-order valence-electron chi connectivity index (χ4n) is 1.99. The molecule has 1 fully saturated rings. The highest BCUT2D eigenvalue weighted by molar-refractivity contribution is 5.60. The maximum Gasteiger partial charge on any atom is 0.387 e. The normalized spacial score (nSPS) is 17.6. The Kier molecular flexibility index (Phi) is 3.70. The van der Waals surface area contributed by atoms with E-state index >= 15 is 0 Å². The van der Waals surface area contributed by atoms with Gasteiger partial charge in [0.1, 0.15) is 0 Å². The number of hydrogen-bond donors (Lipinski definition) is 1. The average Bonchev–Trinajstić information content (AvgIpc) is 2.86. The van der Waals surface area contributed by atoms with Crippen LogP contribution in [-0.4, -0.2) is 30.4 Å². The van der Waals surface area contributed by atoms with Crippen LogP contribution in [0, 0.1) is 0 Å². The van der Waals surface area contributed by atoms with Crippen molar-refractivity contribution in [1.82, 2.24) is 15.5 Å². The molecule has 1 aromatic heterocycles. The predicted molar refractivity (Wildman–Crippen MR) is 68.3 cm³/mol. The summed E-state index contributed by atoms with van der Waals surface area (Å²) >= 11 is 0. The van der Waals surface area contributed by atoms with Crippen LogP contribution in [0.5, 0.6) is 11.5 Å². The molecule has 2 aromatic rings. The zero-order valence-electron chi connectivity index (χ0n) is 11.2. The van der Waals surface area contributed by atoms with Gasteiger partial charge in [-0.3, -0.25) is 0 Å². The lowest BCUT2D eigenvalue weighted by Crippen LogP contribution is -2.35. The van der Waals surface area contributed by atoms with Gasteiger partial charge in [0, 0.05) is 5.56 Å². The van der Waals surface area contributed by atoms with Crippen LogP contribution < -0.4 is 14.8 Å². The lowest BCUT2D eigenvalue weighted by molar-refractivity contribution is -0.0512. The van der Waals surface area contributed by atoms with Crippen molar-refractivity contribution in [2.75, 3.05) is 13.7 Å². The van der Waals surface area contributed by atoms with Gasteiger partial charge in [-0.15, -0.1) is 0 Å². The van der Waals surface area contributed by atoms with Crippen LogP contribution in [0.3, 0.4) is 0 Å². The lowest BCUT2D eigenvalue weighted by atomic mass is 10.1. The van der Waals surface area contributed by atoms with Crippen molar-refractivity contribution in [1.29, 1.82) is 0 Å². The van der Waals surface area contributed by atoms with Gasteiger partial charge in [0.25, 0.3) is 0 Å². The summed E-state index contributed by atoms with van der Waals surface area (Å²) in [7, 11) is 1.37. The van der Waals surface area contributed by atoms with Gasteiger partial charge in [0.2, 0.25) is 11.7 Å². The fraction of sp³-hybridized carbons (Fsp3) is 0.385. The van der Waals surface area contributed by atoms with Crippen molar-refractivity contribution in [3.8, 4) is 22.9 Å². The maximum atomic E-state index is 12.3. The van der Waals surface area contributed by atoms with Crippen LogP contribution in [0.15, 0.2) is 22.7 Å². The van der Waals surface area contributed by atoms with E-state index < -0.39 is 6.61 Å². The van der Waals surface area contributed by atoms with Crippen molar-refractivity contribution in [3.63, 3.8) is 0 Å². The molecule has 2 heterocycles. The van der Waals surface area contributed by atoms with Crippen LogP contribution in [0.1, 0.15) is 18.4 Å². The van der Waals surface area contributed by atoms with E-state index in [1.807, 2.05) is 0 Å². The van der Waals surface area contributed by atoms with E-state index in [-0.39, 0.29) is 17.5 Å². The first-order valence-electron chi connectivity index (χ1n) is 6.37. The number of nitrogens with zero attached hydrogens (tertiary/aromatic N) is 2. The van der Waals surface area contributed by atoms with Gasteiger partial charge >= 0.3 is 6.61 Å². The second-order valence-electron chi connectivity index (χ2n) is 4.50. The van der Waals surface area contributed by atoms with Crippen molar-refractivity contribution in [2.24, 2.45) is 0 Å². The van der Waals surface area contributed by atoms with E-state index in [9.17, 15) is 8.78 Å². The molecule has 0 amide bonds. The summed E-state index contributed by atoms with van der Waals surface area (Å²) in [6.45, 7) is -1.98. The molecule has 0 aliphatic carbocycles. The molecular formula is C13H13F2N3O3. The van der Waals surface area contributed by atoms with E-state index in [0.717, 1.165) is 13.0 Å². The lowest BCUT2D eigenvalue weighted by Gasteiger charge is -2.23. The van der Waals surface area contributed by atoms with Crippen LogP contribution in [0.4, 0.5) is 8.78 Å². The molecule has 1 aliphatic heterocycles. The number of ether oxygens (including phenoxy) is 2. The number of nitrogens with one attached hydrogen (secondary N) is 1. The van der Waals surface area contributed by atoms with Crippen LogP contribution >= 0.6 is 0 Å². The zero-order valence-corrected chi connectivity index (χ0v) is 11.2. The first-order chi connectivity index (χ1) is 10.2. The fourth-order valence-corrected chi connectivity index (χ4v) is 1.99. The molecule has 0 radical (unpaired) electrons. The third-order valence-corrected chi connectivity index (χ3v) is 3.20. The molecule has 0 saturated carbocycles. The molecule has 3 rings (SSSR count). The highest BCUT2D eigenvalue weighted by atomic mass is 19.3. The molecule has 112 valence electrons. The summed E-state index contributed by atoms with van der Waals surface area (Å²) in [5, 5.41) is 7.04. The Labute approximate surface area is 119 Å². The Balaban J connectivity index is 1.86. The largest absolute Gasteiger partial charge is 0.493 e. The zero-order chi connectivity index (χ0) is 14.8. The Morgan fingerprint density at radius 1 is 1.38 bits per heavy atom. The third-order valence-electron chi connectivity index (χ3n) is 3.20. The van der Waals surface area contributed by atoms with Crippen LogP contribution in [-0.2, 0) is 0 Å². The summed E-state index contributed by atoms with van der Waals surface area (Å²) in [5.41, 5.74) is 0.600. The second-order valence-corrected chi connectivity index (χ2v) is 4.50. The summed E-state index contributed by atoms with van der Waals surface area (Å²) < 4.78 is 39.1. The second kappa shape index (κ2) is 5.65. The van der Waals surface area contributed by atoms with Gasteiger partial charge in [-0.2, -0.15) is 13.8 Å². The molecule has 21 heavy (non-hydrogen) atoms. The monoisotopic (exact) mass is 297 g/mol. The minimum atomic E-state index is -2.91. The van der Waals surface area contributed by atoms with Gasteiger partial charge < -0.3 is 19.3 Å². The van der Waals surface area contributed by atoms with Crippen LogP contribution in [0.25, 0.3) is 11.4 Å². The quantitative estimate of drug-likeness (QED) is 0.913. The van der Waals surface area contributed by atoms with Crippen molar-refractivity contribution >= 4 is 0 Å². The Hall–Kier alpha value is -2.22. The van der Waals surface area contributed by atoms with Crippen molar-refractivity contribution in [2.45, 2.75) is 19.1 Å². The summed E-state index contributed by atoms with van der Waals surface area (Å²) in [5.74, 6) is 1.03. The number of alkyl halides is 2. The minimum Gasteiger partial charge on any atom is -0.493 e. The van der Waals surface area contributed by atoms with Gasteiger partial charge in [0.15, 0.2) is 11.5 Å². The number of hydrogen-bond acceptors (Lipinski definition) is 6. The van der Waals surface area contributed by atoms with E-state index in [1.54, 1.807) is 6.07 Å². The third kappa shape index (κ3) is 2.80. The average molecular weight is 297 g/mol. The number of aromatic nitrogens is 2. The topological polar surface area (TPSA) is 69.4 Å². The smallest absolute Gasteiger partial charge is 0.387 e. The molecule has 1 aromatic carbocycles. The first-order valence-corrected chi connectivity index (χ1v) is 6.37. The number of halogens is 2. The predicted octanol–water partition coefficient (Wildman–Crippen LogP) is 2.38. The molecular weight excluding hydrogens is 284 g/mol. The molecule has 8 heteroatoms. The summed E-state index contributed by atoms with van der Waals surface area (Å²) in [4.78, 5) is 4.28. The highest BCUT2D eigenvalue weighted by Crippen LogP contribution is 2.33. The number of methoxy groups -OCH3 is 1. The minimum absolute atomic E-state index is 0.0411. The van der Waals surface area contributed by atoms with E-state index in [4.69, 9.17) is 9.26 Å². The van der Waals surface area contributed by atoms with Crippen molar-refractivity contribution in [3.05, 3.63) is 24.1 Å². The SMILES string of the molecule is COc1cc(-c2noc([C@H]3CCN3)n2)ccc1OC(F)F. The molecule has 1 atom stereocenters. The Morgan fingerprint density at radius 3 is 2.81 bits per heavy atom. The standard InChI is InChI=1S/C13H13F2N3O3/c1-19-10-6-7(2-3-9(10)20-13(14)15)11-17-12(21-18-11)8-4-5-16-8/h2-3,6,8,13,16H,4-5H2,1H3/t8-/m1/s1. The molecule has 6 nitrogen and oxygen atoms in total.